The van der Waals surface area contributed by atoms with Gasteiger partial charge in [0.2, 0.25) is 11.4 Å². The molecule has 8 rings (SSSR count). The van der Waals surface area contributed by atoms with Gasteiger partial charge in [-0.25, -0.2) is 0 Å². The summed E-state index contributed by atoms with van der Waals surface area (Å²) in [5, 5.41) is 24.5. The Balaban J connectivity index is 0.000000197. The summed E-state index contributed by atoms with van der Waals surface area (Å²) in [6.07, 6.45) is 5.78. The Kier molecular flexibility index (Phi) is 11.1. The predicted octanol–water partition coefficient (Wildman–Crippen LogP) is 7.37. The Hall–Kier alpha value is -5.90. The number of rotatable bonds is 6. The number of phenolic OH excluding ortho intramolecular Hbond substituents is 2. The van der Waals surface area contributed by atoms with Crippen LogP contribution in [0.2, 0.25) is 0 Å². The third kappa shape index (κ3) is 6.43. The quantitative estimate of drug-likeness (QED) is 0.136. The summed E-state index contributed by atoms with van der Waals surface area (Å²) in [4.78, 5) is 0. The van der Waals surface area contributed by atoms with E-state index in [-0.39, 0.29) is 26.4 Å². The normalized spacial score (nSPS) is 12.0. The zero-order chi connectivity index (χ0) is 36.0. The number of hydrogen-bond acceptors (Lipinski definition) is 8. The van der Waals surface area contributed by atoms with Gasteiger partial charge in [-0.15, -0.1) is 0 Å². The fourth-order valence-electron chi connectivity index (χ4n) is 7.41. The number of pyridine rings is 2. The molecule has 0 spiro atoms. The minimum Gasteiger partial charge on any atom is -0.504 e. The predicted molar refractivity (Wildman–Crippen MR) is 207 cm³/mol. The standard InChI is InChI=1S/C21H21NO4.C20H19NO4.2CH3/c1-12-14-5-6-17(24-2)21(23)16(14)11-22-8-7-13-9-18(25-3)19(26-4)10-15(13)20(12)22;1-23-17-5-4-12-8-16-14-10-19(25-3)18(24-2)9-13(14)6-7-21(16)11-15(12)20(17)22;;/h5-6,9-11H,7-8H2,1-4H3;4-5,8-11H,6-7H2,1-3H3;2*1H3/q;;2*-1/p+2. The van der Waals surface area contributed by atoms with E-state index in [9.17, 15) is 10.2 Å². The maximum atomic E-state index is 10.5. The van der Waals surface area contributed by atoms with Crippen LogP contribution in [0.4, 0.5) is 0 Å². The molecule has 0 bridgehead atoms. The Morgan fingerprint density at radius 3 is 1.57 bits per heavy atom. The highest BCUT2D eigenvalue weighted by molar-refractivity contribution is 5.94. The topological polar surface area (TPSA) is 104 Å². The van der Waals surface area contributed by atoms with Crippen LogP contribution in [0.15, 0.2) is 67.0 Å². The number of phenols is 2. The van der Waals surface area contributed by atoms with Gasteiger partial charge in [0, 0.05) is 29.9 Å². The summed E-state index contributed by atoms with van der Waals surface area (Å²) in [5.41, 5.74) is 8.10. The fourth-order valence-corrected chi connectivity index (χ4v) is 7.41. The van der Waals surface area contributed by atoms with E-state index >= 15 is 0 Å². The lowest BCUT2D eigenvalue weighted by Crippen LogP contribution is -2.40. The van der Waals surface area contributed by atoms with Crippen LogP contribution in [0, 0.1) is 21.8 Å². The number of nitrogens with zero attached hydrogens (tertiary/aromatic N) is 2. The fraction of sp³-hybridized carbons (Fsp3) is 0.256. The summed E-state index contributed by atoms with van der Waals surface area (Å²) >= 11 is 0. The van der Waals surface area contributed by atoms with Crippen LogP contribution in [-0.2, 0) is 25.9 Å². The minimum absolute atomic E-state index is 0. The first-order valence-electron chi connectivity index (χ1n) is 16.7. The van der Waals surface area contributed by atoms with Gasteiger partial charge in [0.1, 0.15) is 0 Å². The Morgan fingerprint density at radius 2 is 0.981 bits per heavy atom. The van der Waals surface area contributed by atoms with Gasteiger partial charge in [0.25, 0.3) is 0 Å². The summed E-state index contributed by atoms with van der Waals surface area (Å²) < 4.78 is 36.7. The van der Waals surface area contributed by atoms with Gasteiger partial charge in [-0.05, 0) is 72.0 Å². The molecule has 0 saturated carbocycles. The third-order valence-corrected chi connectivity index (χ3v) is 10.0. The minimum atomic E-state index is 0. The van der Waals surface area contributed by atoms with Crippen molar-refractivity contribution in [2.45, 2.75) is 32.9 Å². The number of aryl methyl sites for hydroxylation is 5. The molecule has 2 aliphatic rings. The number of hydrogen-bond donors (Lipinski definition) is 2. The molecular weight excluding hydrogens is 672 g/mol. The van der Waals surface area contributed by atoms with E-state index < -0.39 is 0 Å². The van der Waals surface area contributed by atoms with Crippen LogP contribution < -0.4 is 37.6 Å². The molecule has 0 atom stereocenters. The van der Waals surface area contributed by atoms with Crippen molar-refractivity contribution in [2.24, 2.45) is 0 Å². The van der Waals surface area contributed by atoms with Crippen LogP contribution in [0.5, 0.6) is 46.0 Å². The molecule has 10 nitrogen and oxygen atoms in total. The lowest BCUT2D eigenvalue weighted by Gasteiger charge is -2.20. The van der Waals surface area contributed by atoms with Crippen molar-refractivity contribution in [1.29, 1.82) is 0 Å². The Morgan fingerprint density at radius 1 is 0.509 bits per heavy atom. The highest BCUT2D eigenvalue weighted by Crippen LogP contribution is 2.42. The average molecular weight is 721 g/mol. The molecule has 6 aromatic rings. The number of methoxy groups -OCH3 is 6. The van der Waals surface area contributed by atoms with Crippen LogP contribution >= 0.6 is 0 Å². The van der Waals surface area contributed by atoms with Gasteiger partial charge < -0.3 is 53.5 Å². The molecule has 0 amide bonds. The van der Waals surface area contributed by atoms with Crippen molar-refractivity contribution >= 4 is 21.5 Å². The number of aromatic nitrogens is 2. The van der Waals surface area contributed by atoms with Crippen LogP contribution in [-0.4, -0.2) is 52.9 Å². The zero-order valence-electron chi connectivity index (χ0n) is 31.9. The maximum Gasteiger partial charge on any atom is 0.216 e. The first-order valence-corrected chi connectivity index (χ1v) is 16.7. The molecule has 4 aromatic carbocycles. The Bertz CT molecular complexity index is 2340. The second-order valence-electron chi connectivity index (χ2n) is 12.6. The van der Waals surface area contributed by atoms with Gasteiger partial charge in [-0.1, -0.05) is 0 Å². The van der Waals surface area contributed by atoms with Crippen LogP contribution in [0.25, 0.3) is 44.1 Å². The molecule has 0 aliphatic carbocycles. The van der Waals surface area contributed by atoms with E-state index in [1.165, 1.54) is 11.1 Å². The van der Waals surface area contributed by atoms with Crippen LogP contribution in [0.3, 0.4) is 0 Å². The van der Waals surface area contributed by atoms with E-state index in [0.29, 0.717) is 17.2 Å². The first kappa shape index (κ1) is 38.3. The van der Waals surface area contributed by atoms with Crippen molar-refractivity contribution in [3.63, 3.8) is 0 Å². The Labute approximate surface area is 311 Å². The molecule has 0 radical (unpaired) electrons. The summed E-state index contributed by atoms with van der Waals surface area (Å²) in [5.74, 6) is 4.26. The molecule has 4 heterocycles. The number of fused-ring (bicyclic) bond motifs is 8. The molecule has 2 aromatic heterocycles. The molecule has 0 fully saturated rings. The number of aromatic hydroxyl groups is 2. The van der Waals surface area contributed by atoms with E-state index in [1.807, 2.05) is 42.7 Å². The van der Waals surface area contributed by atoms with Gasteiger partial charge in [0.15, 0.2) is 71.5 Å². The molecule has 2 aliphatic heterocycles. The van der Waals surface area contributed by atoms with E-state index in [4.69, 9.17) is 28.4 Å². The highest BCUT2D eigenvalue weighted by Gasteiger charge is 2.30. The molecule has 0 unspecified atom stereocenters. The second kappa shape index (κ2) is 15.4. The van der Waals surface area contributed by atoms with E-state index in [1.54, 1.807) is 54.8 Å². The molecule has 0 saturated heterocycles. The molecule has 2 N–H and O–H groups in total. The molecular formula is C43H48N2O8. The van der Waals surface area contributed by atoms with Gasteiger partial charge in [-0.2, -0.15) is 9.13 Å². The third-order valence-electron chi connectivity index (χ3n) is 10.0. The van der Waals surface area contributed by atoms with Crippen molar-refractivity contribution in [3.8, 4) is 68.5 Å². The summed E-state index contributed by atoms with van der Waals surface area (Å²) in [6, 6.07) is 17.8. The number of benzene rings is 4. The van der Waals surface area contributed by atoms with Crippen molar-refractivity contribution in [3.05, 3.63) is 98.5 Å². The molecule has 10 heteroatoms. The van der Waals surface area contributed by atoms with E-state index in [0.717, 1.165) is 92.8 Å². The lowest BCUT2D eigenvalue weighted by molar-refractivity contribution is -0.686. The first-order chi connectivity index (χ1) is 24.7. The molecule has 53 heavy (non-hydrogen) atoms. The zero-order valence-corrected chi connectivity index (χ0v) is 31.9. The van der Waals surface area contributed by atoms with Gasteiger partial charge >= 0.3 is 0 Å². The van der Waals surface area contributed by atoms with Gasteiger partial charge in [0.05, 0.1) is 64.6 Å². The van der Waals surface area contributed by atoms with E-state index in [2.05, 4.69) is 28.2 Å². The van der Waals surface area contributed by atoms with Crippen molar-refractivity contribution < 1.29 is 47.8 Å². The SMILES string of the molecule is COc1cc2c(cc1OC)-c1c(C)c3ccc(OC)c(O)c3c[n+]1CC2.COc1cc2c(cc1OC)-c1cc3ccc(OC)c(O)c3c[n+]1CC2.[CH3-].[CH3-]. The summed E-state index contributed by atoms with van der Waals surface area (Å²) in [7, 11) is 9.73. The van der Waals surface area contributed by atoms with Gasteiger partial charge in [-0.3, -0.25) is 0 Å². The van der Waals surface area contributed by atoms with Crippen molar-refractivity contribution in [2.75, 3.05) is 42.7 Å². The largest absolute Gasteiger partial charge is 0.504 e. The lowest BCUT2D eigenvalue weighted by atomic mass is 9.91. The van der Waals surface area contributed by atoms with Crippen molar-refractivity contribution in [1.82, 2.24) is 0 Å². The van der Waals surface area contributed by atoms with Crippen LogP contribution in [0.1, 0.15) is 16.7 Å². The average Bonchev–Trinajstić information content (AvgIpc) is 3.16. The number of ether oxygens (including phenoxy) is 6. The monoisotopic (exact) mass is 720 g/mol. The smallest absolute Gasteiger partial charge is 0.216 e. The highest BCUT2D eigenvalue weighted by atomic mass is 16.5. The second-order valence-corrected chi connectivity index (χ2v) is 12.6. The maximum absolute atomic E-state index is 10.5. The molecule has 278 valence electrons. The summed E-state index contributed by atoms with van der Waals surface area (Å²) in [6.45, 7) is 3.77.